The largest absolute Gasteiger partial charge is 0.320 e. The summed E-state index contributed by atoms with van der Waals surface area (Å²) in [6, 6.07) is 7.87. The molecule has 15 heavy (non-hydrogen) atoms. The van der Waals surface area contributed by atoms with Gasteiger partial charge in [0.15, 0.2) is 0 Å². The van der Waals surface area contributed by atoms with Gasteiger partial charge in [-0.25, -0.2) is 4.39 Å². The van der Waals surface area contributed by atoms with Crippen LogP contribution in [0.3, 0.4) is 0 Å². The minimum Gasteiger partial charge on any atom is -0.320 e. The monoisotopic (exact) mass is 241 g/mol. The van der Waals surface area contributed by atoms with E-state index in [2.05, 4.69) is 0 Å². The van der Waals surface area contributed by atoms with Crippen LogP contribution in [-0.4, -0.2) is 0 Å². The Kier molecular flexibility index (Phi) is 3.05. The van der Waals surface area contributed by atoms with Crippen molar-refractivity contribution < 1.29 is 4.39 Å². The second kappa shape index (κ2) is 4.31. The van der Waals surface area contributed by atoms with E-state index in [9.17, 15) is 4.39 Å². The second-order valence-corrected chi connectivity index (χ2v) is 4.55. The molecule has 2 rings (SSSR count). The molecule has 1 aromatic heterocycles. The van der Waals surface area contributed by atoms with Crippen molar-refractivity contribution in [3.63, 3.8) is 0 Å². The van der Waals surface area contributed by atoms with E-state index in [1.165, 1.54) is 12.1 Å². The fraction of sp³-hybridized carbons (Fsp3) is 0.0909. The summed E-state index contributed by atoms with van der Waals surface area (Å²) in [6.45, 7) is 0. The third kappa shape index (κ3) is 2.20. The normalized spacial score (nSPS) is 12.7. The van der Waals surface area contributed by atoms with Crippen LogP contribution in [0.5, 0.6) is 0 Å². The van der Waals surface area contributed by atoms with Gasteiger partial charge >= 0.3 is 0 Å². The van der Waals surface area contributed by atoms with Crippen LogP contribution in [0.1, 0.15) is 16.5 Å². The maximum absolute atomic E-state index is 12.8. The molecule has 0 amide bonds. The molecule has 1 aromatic carbocycles. The molecule has 0 fully saturated rings. The van der Waals surface area contributed by atoms with Gasteiger partial charge in [0.05, 0.1) is 6.04 Å². The zero-order chi connectivity index (χ0) is 10.8. The third-order valence-corrected chi connectivity index (χ3v) is 3.43. The molecule has 1 unspecified atom stereocenters. The molecule has 78 valence electrons. The molecular formula is C11H9ClFNS. The second-order valence-electron chi connectivity index (χ2n) is 3.16. The number of thiophene rings is 1. The number of nitrogens with two attached hydrogens (primary N) is 1. The summed E-state index contributed by atoms with van der Waals surface area (Å²) >= 11 is 7.49. The van der Waals surface area contributed by atoms with Crippen molar-refractivity contribution in [1.82, 2.24) is 0 Å². The molecule has 2 aromatic rings. The maximum Gasteiger partial charge on any atom is 0.124 e. The average Bonchev–Trinajstić information content (AvgIpc) is 2.69. The highest BCUT2D eigenvalue weighted by atomic mass is 35.5. The molecule has 1 heterocycles. The molecule has 0 bridgehead atoms. The van der Waals surface area contributed by atoms with Crippen LogP contribution in [0, 0.1) is 5.82 Å². The van der Waals surface area contributed by atoms with Gasteiger partial charge < -0.3 is 5.73 Å². The Hall–Kier alpha value is -0.900. The molecule has 0 radical (unpaired) electrons. The number of hydrogen-bond donors (Lipinski definition) is 1. The standard InChI is InChI=1S/C11H9ClFNS/c12-9-6-7(13)3-4-8(9)11(14)10-2-1-5-15-10/h1-6,11H,14H2. The summed E-state index contributed by atoms with van der Waals surface area (Å²) in [7, 11) is 0. The molecule has 0 aliphatic heterocycles. The maximum atomic E-state index is 12.8. The first-order chi connectivity index (χ1) is 7.18. The van der Waals surface area contributed by atoms with Crippen LogP contribution in [-0.2, 0) is 0 Å². The SMILES string of the molecule is NC(c1cccs1)c1ccc(F)cc1Cl. The van der Waals surface area contributed by atoms with E-state index >= 15 is 0 Å². The van der Waals surface area contributed by atoms with Crippen LogP contribution in [0.2, 0.25) is 5.02 Å². The predicted octanol–water partition coefficient (Wildman–Crippen LogP) is 3.59. The first-order valence-corrected chi connectivity index (χ1v) is 5.68. The Labute approximate surface area is 96.3 Å². The molecular weight excluding hydrogens is 233 g/mol. The van der Waals surface area contributed by atoms with E-state index in [0.29, 0.717) is 5.02 Å². The molecule has 0 aliphatic rings. The van der Waals surface area contributed by atoms with Gasteiger partial charge in [-0.05, 0) is 29.1 Å². The van der Waals surface area contributed by atoms with Gasteiger partial charge in [-0.1, -0.05) is 23.7 Å². The van der Waals surface area contributed by atoms with Crippen molar-refractivity contribution in [2.75, 3.05) is 0 Å². The van der Waals surface area contributed by atoms with Crippen molar-refractivity contribution in [1.29, 1.82) is 0 Å². The van der Waals surface area contributed by atoms with E-state index < -0.39 is 0 Å². The highest BCUT2D eigenvalue weighted by Crippen LogP contribution is 2.29. The topological polar surface area (TPSA) is 26.0 Å². The van der Waals surface area contributed by atoms with E-state index in [0.717, 1.165) is 10.4 Å². The molecule has 4 heteroatoms. The summed E-state index contributed by atoms with van der Waals surface area (Å²) in [5, 5.41) is 2.32. The number of benzene rings is 1. The van der Waals surface area contributed by atoms with Crippen LogP contribution in [0.4, 0.5) is 4.39 Å². The van der Waals surface area contributed by atoms with Gasteiger partial charge in [-0.2, -0.15) is 0 Å². The van der Waals surface area contributed by atoms with Crippen LogP contribution in [0.25, 0.3) is 0 Å². The molecule has 0 saturated heterocycles. The minimum absolute atomic E-state index is 0.280. The molecule has 0 saturated carbocycles. The highest BCUT2D eigenvalue weighted by molar-refractivity contribution is 7.10. The van der Waals surface area contributed by atoms with E-state index in [-0.39, 0.29) is 11.9 Å². The number of rotatable bonds is 2. The van der Waals surface area contributed by atoms with Gasteiger partial charge in [0.25, 0.3) is 0 Å². The smallest absolute Gasteiger partial charge is 0.124 e. The van der Waals surface area contributed by atoms with Crippen molar-refractivity contribution >= 4 is 22.9 Å². The summed E-state index contributed by atoms with van der Waals surface area (Å²) in [4.78, 5) is 1.02. The van der Waals surface area contributed by atoms with Crippen molar-refractivity contribution in [2.24, 2.45) is 5.73 Å². The van der Waals surface area contributed by atoms with Crippen LogP contribution >= 0.6 is 22.9 Å². The zero-order valence-electron chi connectivity index (χ0n) is 7.78. The zero-order valence-corrected chi connectivity index (χ0v) is 9.36. The van der Waals surface area contributed by atoms with Gasteiger partial charge in [0.2, 0.25) is 0 Å². The lowest BCUT2D eigenvalue weighted by Gasteiger charge is -2.11. The van der Waals surface area contributed by atoms with Crippen molar-refractivity contribution in [2.45, 2.75) is 6.04 Å². The first kappa shape index (κ1) is 10.6. The summed E-state index contributed by atoms with van der Waals surface area (Å²) in [5.41, 5.74) is 6.77. The lowest BCUT2D eigenvalue weighted by molar-refractivity contribution is 0.626. The van der Waals surface area contributed by atoms with Gasteiger partial charge in [0.1, 0.15) is 5.82 Å². The quantitative estimate of drug-likeness (QED) is 0.855. The Morgan fingerprint density at radius 1 is 1.33 bits per heavy atom. The summed E-state index contributed by atoms with van der Waals surface area (Å²) < 4.78 is 12.8. The number of halogens is 2. The fourth-order valence-corrected chi connectivity index (χ4v) is 2.40. The van der Waals surface area contributed by atoms with Crippen LogP contribution in [0.15, 0.2) is 35.7 Å². The first-order valence-electron chi connectivity index (χ1n) is 4.42. The molecule has 0 spiro atoms. The summed E-state index contributed by atoms with van der Waals surface area (Å²) in [5.74, 6) is -0.345. The van der Waals surface area contributed by atoms with Gasteiger partial charge in [0, 0.05) is 9.90 Å². The van der Waals surface area contributed by atoms with Gasteiger partial charge in [-0.3, -0.25) is 0 Å². The predicted molar refractivity (Wildman–Crippen MR) is 61.8 cm³/mol. The van der Waals surface area contributed by atoms with Gasteiger partial charge in [-0.15, -0.1) is 11.3 Å². The summed E-state index contributed by atoms with van der Waals surface area (Å²) in [6.07, 6.45) is 0. The molecule has 1 atom stereocenters. The highest BCUT2D eigenvalue weighted by Gasteiger charge is 2.13. The lowest BCUT2D eigenvalue weighted by Crippen LogP contribution is -2.10. The Morgan fingerprint density at radius 2 is 2.13 bits per heavy atom. The Morgan fingerprint density at radius 3 is 2.73 bits per heavy atom. The number of hydrogen-bond acceptors (Lipinski definition) is 2. The van der Waals surface area contributed by atoms with Crippen molar-refractivity contribution in [3.05, 3.63) is 57.0 Å². The Bertz CT molecular complexity index is 456. The van der Waals surface area contributed by atoms with E-state index in [1.807, 2.05) is 17.5 Å². The lowest BCUT2D eigenvalue weighted by atomic mass is 10.1. The van der Waals surface area contributed by atoms with Crippen LogP contribution < -0.4 is 5.73 Å². The minimum atomic E-state index is -0.345. The molecule has 1 nitrogen and oxygen atoms in total. The average molecular weight is 242 g/mol. The van der Waals surface area contributed by atoms with E-state index in [1.54, 1.807) is 17.4 Å². The van der Waals surface area contributed by atoms with E-state index in [4.69, 9.17) is 17.3 Å². The fourth-order valence-electron chi connectivity index (χ4n) is 1.38. The third-order valence-electron chi connectivity index (χ3n) is 2.15. The molecule has 0 aliphatic carbocycles. The molecule has 2 N–H and O–H groups in total. The Balaban J connectivity index is 2.38. The van der Waals surface area contributed by atoms with Crippen molar-refractivity contribution in [3.8, 4) is 0 Å².